The van der Waals surface area contributed by atoms with Crippen molar-refractivity contribution >= 4 is 34.8 Å². The van der Waals surface area contributed by atoms with Gasteiger partial charge < -0.3 is 29.1 Å². The molecule has 3 heterocycles. The molecule has 0 bridgehead atoms. The Balaban J connectivity index is 0.945. The number of benzene rings is 6. The van der Waals surface area contributed by atoms with Gasteiger partial charge in [0.15, 0.2) is 0 Å². The summed E-state index contributed by atoms with van der Waals surface area (Å²) in [5, 5.41) is 0. The van der Waals surface area contributed by atoms with E-state index < -0.39 is 0 Å². The van der Waals surface area contributed by atoms with Gasteiger partial charge in [-0.15, -0.1) is 0 Å². The molecule has 3 aliphatic rings. The molecule has 0 N–H and O–H groups in total. The number of para-hydroxylation sites is 3. The van der Waals surface area contributed by atoms with Crippen LogP contribution in [-0.4, -0.2) is 84.8 Å². The molecule has 0 fully saturated rings. The summed E-state index contributed by atoms with van der Waals surface area (Å²) >= 11 is 0. The molecule has 58 heavy (non-hydrogen) atoms. The Morgan fingerprint density at radius 2 is 0.897 bits per heavy atom. The second kappa shape index (κ2) is 17.7. The van der Waals surface area contributed by atoms with Crippen LogP contribution in [0.25, 0.3) is 11.4 Å². The summed E-state index contributed by atoms with van der Waals surface area (Å²) < 4.78 is 2.40. The van der Waals surface area contributed by atoms with Gasteiger partial charge in [0.1, 0.15) is 18.9 Å². The van der Waals surface area contributed by atoms with Crippen LogP contribution >= 0.6 is 0 Å². The van der Waals surface area contributed by atoms with E-state index in [2.05, 4.69) is 235 Å². The van der Waals surface area contributed by atoms with Crippen LogP contribution in [0.1, 0.15) is 22.7 Å². The number of hydrogen-bond acceptors (Lipinski definition) is 6. The maximum absolute atomic E-state index is 3.79. The van der Waals surface area contributed by atoms with Crippen molar-refractivity contribution in [3.8, 4) is 0 Å². The van der Waals surface area contributed by atoms with Crippen LogP contribution in [0.15, 0.2) is 194 Å². The molecule has 0 spiro atoms. The van der Waals surface area contributed by atoms with E-state index in [-0.39, 0.29) is 6.04 Å². The second-order valence-electron chi connectivity index (χ2n) is 15.2. The molecule has 9 rings (SSSR count). The Labute approximate surface area is 343 Å². The van der Waals surface area contributed by atoms with E-state index in [0.717, 1.165) is 59.2 Å². The van der Waals surface area contributed by atoms with Crippen LogP contribution in [0, 0.1) is 0 Å². The maximum Gasteiger partial charge on any atom is 0.132 e. The molecular formula is C51H51N7. The Morgan fingerprint density at radius 1 is 0.483 bits per heavy atom. The Kier molecular flexibility index (Phi) is 11.3. The molecular weight excluding hydrogens is 711 g/mol. The normalized spacial score (nSPS) is 16.6. The molecule has 0 amide bonds. The zero-order chi connectivity index (χ0) is 38.9. The van der Waals surface area contributed by atoms with Crippen molar-refractivity contribution in [2.24, 2.45) is 0 Å². The predicted octanol–water partition coefficient (Wildman–Crippen LogP) is 9.02. The van der Waals surface area contributed by atoms with Gasteiger partial charge in [-0.3, -0.25) is 4.90 Å². The molecule has 7 heteroatoms. The summed E-state index contributed by atoms with van der Waals surface area (Å²) in [5.41, 5.74) is 9.87. The van der Waals surface area contributed by atoms with Crippen LogP contribution in [-0.2, 0) is 0 Å². The van der Waals surface area contributed by atoms with Gasteiger partial charge in [0.25, 0.3) is 0 Å². The average molecular weight is 762 g/mol. The molecule has 0 aromatic heterocycles. The fourth-order valence-corrected chi connectivity index (χ4v) is 8.28. The van der Waals surface area contributed by atoms with Crippen LogP contribution in [0.5, 0.6) is 0 Å². The van der Waals surface area contributed by atoms with E-state index in [4.69, 9.17) is 0 Å². The minimum Gasteiger partial charge on any atom is -0.385 e. The highest BCUT2D eigenvalue weighted by molar-refractivity contribution is 5.82. The monoisotopic (exact) mass is 761 g/mol. The molecule has 0 radical (unpaired) electrons. The lowest BCUT2D eigenvalue weighted by atomic mass is 10.1. The van der Waals surface area contributed by atoms with E-state index in [1.807, 2.05) is 0 Å². The first-order valence-electron chi connectivity index (χ1n) is 20.6. The van der Waals surface area contributed by atoms with Gasteiger partial charge in [-0.25, -0.2) is 0 Å². The van der Waals surface area contributed by atoms with Gasteiger partial charge in [0, 0.05) is 56.5 Å². The highest BCUT2D eigenvalue weighted by Crippen LogP contribution is 2.33. The van der Waals surface area contributed by atoms with Crippen molar-refractivity contribution in [3.63, 3.8) is 0 Å². The van der Waals surface area contributed by atoms with Gasteiger partial charge in [-0.1, -0.05) is 158 Å². The minimum absolute atomic E-state index is 0.210. The minimum atomic E-state index is 0.210. The molecule has 0 aliphatic carbocycles. The Hall–Kier alpha value is -6.57. The number of nitrogens with zero attached hydrogens (tertiary/aromatic N) is 7. The first kappa shape index (κ1) is 37.0. The molecule has 0 saturated heterocycles. The lowest BCUT2D eigenvalue weighted by Gasteiger charge is -2.29. The standard InChI is InChI=1S/C51H51N7/c1-7-19-43(20-8-1)49-37-53(40-56(49)46-25-13-4-14-26-46)34-31-52(32-35-54-38-50(44-21-9-2-10-22-44)57(41-54)47-27-15-5-16-28-47)33-36-55-39-51(45-23-11-3-12-24-45)58(42-55)48-29-17-6-18-30-48/h1-30,37-38,51H,31-36,39-41H2. The third kappa shape index (κ3) is 8.55. The quantitative estimate of drug-likeness (QED) is 0.0765. The van der Waals surface area contributed by atoms with E-state index in [0.29, 0.717) is 0 Å². The molecule has 6 aromatic carbocycles. The smallest absolute Gasteiger partial charge is 0.132 e. The van der Waals surface area contributed by atoms with E-state index >= 15 is 0 Å². The molecule has 0 saturated carbocycles. The van der Waals surface area contributed by atoms with Gasteiger partial charge in [0.05, 0.1) is 31.3 Å². The van der Waals surface area contributed by atoms with Crippen molar-refractivity contribution in [3.05, 3.63) is 211 Å². The number of anilines is 3. The highest BCUT2D eigenvalue weighted by Gasteiger charge is 2.29. The molecule has 6 aromatic rings. The van der Waals surface area contributed by atoms with E-state index in [9.17, 15) is 0 Å². The zero-order valence-corrected chi connectivity index (χ0v) is 33.0. The predicted molar refractivity (Wildman–Crippen MR) is 239 cm³/mol. The average Bonchev–Trinajstić information content (AvgIpc) is 4.06. The zero-order valence-electron chi connectivity index (χ0n) is 33.0. The van der Waals surface area contributed by atoms with Crippen molar-refractivity contribution in [1.82, 2.24) is 14.7 Å². The summed E-state index contributed by atoms with van der Waals surface area (Å²) in [6.45, 7) is 8.13. The van der Waals surface area contributed by atoms with Gasteiger partial charge in [0.2, 0.25) is 0 Å². The van der Waals surface area contributed by atoms with Crippen molar-refractivity contribution in [2.75, 3.05) is 73.9 Å². The van der Waals surface area contributed by atoms with Crippen LogP contribution in [0.3, 0.4) is 0 Å². The van der Waals surface area contributed by atoms with Gasteiger partial charge in [-0.2, -0.15) is 0 Å². The second-order valence-corrected chi connectivity index (χ2v) is 15.2. The van der Waals surface area contributed by atoms with Crippen LogP contribution in [0.4, 0.5) is 17.1 Å². The topological polar surface area (TPSA) is 22.5 Å². The summed E-state index contributed by atoms with van der Waals surface area (Å²) in [6.07, 6.45) is 8.51. The van der Waals surface area contributed by atoms with Gasteiger partial charge in [-0.05, 0) is 46.6 Å². The summed E-state index contributed by atoms with van der Waals surface area (Å²) in [6, 6.07) is 64.9. The summed E-state index contributed by atoms with van der Waals surface area (Å²) in [5.74, 6) is 0. The van der Waals surface area contributed by atoms with Crippen LogP contribution < -0.4 is 14.7 Å². The third-order valence-electron chi connectivity index (χ3n) is 11.4. The first-order chi connectivity index (χ1) is 28.7. The molecule has 3 aliphatic heterocycles. The van der Waals surface area contributed by atoms with Crippen LogP contribution in [0.2, 0.25) is 0 Å². The fourth-order valence-electron chi connectivity index (χ4n) is 8.28. The Morgan fingerprint density at radius 3 is 1.36 bits per heavy atom. The summed E-state index contributed by atoms with van der Waals surface area (Å²) in [7, 11) is 0. The van der Waals surface area contributed by atoms with Crippen molar-refractivity contribution in [2.45, 2.75) is 6.04 Å². The van der Waals surface area contributed by atoms with Crippen molar-refractivity contribution < 1.29 is 4.58 Å². The fraction of sp³-hybridized carbons (Fsp3) is 0.196. The van der Waals surface area contributed by atoms with E-state index in [1.165, 1.54) is 45.1 Å². The maximum atomic E-state index is 3.79. The molecule has 7 nitrogen and oxygen atoms in total. The molecule has 290 valence electrons. The third-order valence-corrected chi connectivity index (χ3v) is 11.4. The largest absolute Gasteiger partial charge is 0.385 e. The Bertz CT molecular complexity index is 2190. The number of rotatable bonds is 15. The van der Waals surface area contributed by atoms with Gasteiger partial charge >= 0.3 is 0 Å². The first-order valence-corrected chi connectivity index (χ1v) is 20.6. The SMILES string of the molecule is [C-]1=[N+](CCN(CCN2C=C(c3ccccc3)N(c3ccccc3)C2)CCN2C=C(c3ccccc3)N(c3ccccc3)C2)CC(c2ccccc2)N1c1ccccc1. The number of hydrogen-bond donors (Lipinski definition) is 0. The summed E-state index contributed by atoms with van der Waals surface area (Å²) in [4.78, 5) is 14.8. The lowest BCUT2D eigenvalue weighted by Crippen LogP contribution is -2.41. The lowest BCUT2D eigenvalue weighted by molar-refractivity contribution is -0.518. The van der Waals surface area contributed by atoms with E-state index in [1.54, 1.807) is 0 Å². The molecule has 1 unspecified atom stereocenters. The highest BCUT2D eigenvalue weighted by atomic mass is 15.4. The molecule has 1 atom stereocenters. The van der Waals surface area contributed by atoms with Crippen molar-refractivity contribution in [1.29, 1.82) is 0 Å².